The van der Waals surface area contributed by atoms with Crippen LogP contribution in [0.4, 0.5) is 0 Å². The second-order valence-electron chi connectivity index (χ2n) is 7.01. The van der Waals surface area contributed by atoms with Gasteiger partial charge in [0.2, 0.25) is 0 Å². The van der Waals surface area contributed by atoms with E-state index in [1.165, 1.54) is 64.2 Å². The van der Waals surface area contributed by atoms with Crippen LogP contribution in [0.1, 0.15) is 71.1 Å². The van der Waals surface area contributed by atoms with Gasteiger partial charge in [0.15, 0.2) is 0 Å². The minimum Gasteiger partial charge on any atom is -0.373 e. The summed E-state index contributed by atoms with van der Waals surface area (Å²) in [6.07, 6.45) is 16.5. The van der Waals surface area contributed by atoms with Crippen molar-refractivity contribution < 1.29 is 9.47 Å². The predicted octanol–water partition coefficient (Wildman–Crippen LogP) is 4.32. The topological polar surface area (TPSA) is 25.1 Å². The molecule has 4 rings (SSSR count). The van der Waals surface area contributed by atoms with Crippen LogP contribution in [0.15, 0.2) is 0 Å². The zero-order chi connectivity index (χ0) is 13.1. The smallest absolute Gasteiger partial charge is 0.0872 e. The normalized spacial score (nSPS) is 39.3. The summed E-state index contributed by atoms with van der Waals surface area (Å²) in [6, 6.07) is 0. The lowest BCUT2D eigenvalue weighted by Gasteiger charge is -2.22. The van der Waals surface area contributed by atoms with E-state index in [-0.39, 0.29) is 0 Å². The van der Waals surface area contributed by atoms with Gasteiger partial charge < -0.3 is 9.47 Å². The number of rotatable bonds is 2. The molecule has 0 radical (unpaired) electrons. The zero-order valence-electron chi connectivity index (χ0n) is 12.5. The van der Waals surface area contributed by atoms with Crippen molar-refractivity contribution in [2.45, 2.75) is 89.4 Å². The Morgan fingerprint density at radius 2 is 1.05 bits per heavy atom. The van der Waals surface area contributed by atoms with Gasteiger partial charge in [-0.25, -0.2) is 0 Å². The van der Waals surface area contributed by atoms with E-state index < -0.39 is 0 Å². The lowest BCUT2D eigenvalue weighted by Crippen LogP contribution is -2.20. The van der Waals surface area contributed by atoms with Crippen LogP contribution in [0.5, 0.6) is 0 Å². The van der Waals surface area contributed by atoms with Crippen molar-refractivity contribution in [1.29, 1.82) is 0 Å². The SMILES string of the molecule is C1CCC(C2OC2C2CCCCC2)CC1.CC1CO1. The fourth-order valence-corrected chi connectivity index (χ4v) is 3.92. The first-order valence-corrected chi connectivity index (χ1v) is 8.61. The fourth-order valence-electron chi connectivity index (χ4n) is 3.92. The molecule has 2 saturated heterocycles. The second kappa shape index (κ2) is 6.58. The van der Waals surface area contributed by atoms with Crippen molar-refractivity contribution >= 4 is 0 Å². The molecule has 4 fully saturated rings. The maximum Gasteiger partial charge on any atom is 0.0872 e. The van der Waals surface area contributed by atoms with E-state index in [9.17, 15) is 0 Å². The predicted molar refractivity (Wildman–Crippen MR) is 77.2 cm³/mol. The summed E-state index contributed by atoms with van der Waals surface area (Å²) in [5, 5.41) is 0. The van der Waals surface area contributed by atoms with Gasteiger partial charge in [0.25, 0.3) is 0 Å². The molecule has 0 bridgehead atoms. The maximum absolute atomic E-state index is 6.00. The number of hydrogen-bond donors (Lipinski definition) is 0. The van der Waals surface area contributed by atoms with E-state index in [4.69, 9.17) is 9.47 Å². The maximum atomic E-state index is 6.00. The summed E-state index contributed by atoms with van der Waals surface area (Å²) in [5.74, 6) is 1.87. The van der Waals surface area contributed by atoms with Gasteiger partial charge in [-0.15, -0.1) is 0 Å². The van der Waals surface area contributed by atoms with Gasteiger partial charge in [0, 0.05) is 0 Å². The van der Waals surface area contributed by atoms with Crippen molar-refractivity contribution in [1.82, 2.24) is 0 Å². The van der Waals surface area contributed by atoms with E-state index in [0.717, 1.165) is 18.4 Å². The molecule has 0 amide bonds. The summed E-state index contributed by atoms with van der Waals surface area (Å²) in [7, 11) is 0. The minimum absolute atomic E-state index is 0.583. The molecule has 0 aromatic rings. The van der Waals surface area contributed by atoms with E-state index in [2.05, 4.69) is 6.92 Å². The molecule has 3 unspecified atom stereocenters. The Labute approximate surface area is 118 Å². The molecular weight excluding hydrogens is 236 g/mol. The highest BCUT2D eigenvalue weighted by atomic mass is 16.6. The van der Waals surface area contributed by atoms with Gasteiger partial charge in [-0.05, 0) is 44.4 Å². The Kier molecular flexibility index (Phi) is 4.81. The number of hydrogen-bond acceptors (Lipinski definition) is 2. The van der Waals surface area contributed by atoms with Crippen molar-refractivity contribution in [2.24, 2.45) is 11.8 Å². The third-order valence-corrected chi connectivity index (χ3v) is 5.29. The van der Waals surface area contributed by atoms with Crippen LogP contribution in [0.2, 0.25) is 0 Å². The van der Waals surface area contributed by atoms with Crippen LogP contribution >= 0.6 is 0 Å². The van der Waals surface area contributed by atoms with Crippen molar-refractivity contribution in [3.63, 3.8) is 0 Å². The highest BCUT2D eigenvalue weighted by Gasteiger charge is 2.48. The number of ether oxygens (including phenoxy) is 2. The van der Waals surface area contributed by atoms with Crippen molar-refractivity contribution in [3.8, 4) is 0 Å². The highest BCUT2D eigenvalue weighted by molar-refractivity contribution is 4.96. The lowest BCUT2D eigenvalue weighted by atomic mass is 9.80. The molecular formula is C17H30O2. The Morgan fingerprint density at radius 1 is 0.684 bits per heavy atom. The van der Waals surface area contributed by atoms with Crippen molar-refractivity contribution in [3.05, 3.63) is 0 Å². The molecule has 4 aliphatic rings. The Bertz CT molecular complexity index is 240. The highest BCUT2D eigenvalue weighted by Crippen LogP contribution is 2.45. The van der Waals surface area contributed by atoms with Gasteiger partial charge >= 0.3 is 0 Å². The average molecular weight is 266 g/mol. The molecule has 2 aliphatic heterocycles. The molecule has 3 atom stereocenters. The molecule has 19 heavy (non-hydrogen) atoms. The molecule has 2 nitrogen and oxygen atoms in total. The summed E-state index contributed by atoms with van der Waals surface area (Å²) in [4.78, 5) is 0. The van der Waals surface area contributed by atoms with Crippen molar-refractivity contribution in [2.75, 3.05) is 6.61 Å². The molecule has 0 N–H and O–H groups in total. The van der Waals surface area contributed by atoms with Gasteiger partial charge in [-0.2, -0.15) is 0 Å². The zero-order valence-corrected chi connectivity index (χ0v) is 12.5. The van der Waals surface area contributed by atoms with E-state index in [1.807, 2.05) is 0 Å². The summed E-state index contributed by atoms with van der Waals surface area (Å²) in [6.45, 7) is 3.04. The monoisotopic (exact) mass is 266 g/mol. The van der Waals surface area contributed by atoms with Crippen LogP contribution in [0, 0.1) is 11.8 Å². The van der Waals surface area contributed by atoms with Gasteiger partial charge in [-0.1, -0.05) is 38.5 Å². The number of epoxide rings is 2. The molecule has 2 aliphatic carbocycles. The third-order valence-electron chi connectivity index (χ3n) is 5.29. The first kappa shape index (κ1) is 13.9. The van der Waals surface area contributed by atoms with Crippen LogP contribution < -0.4 is 0 Å². The minimum atomic E-state index is 0.583. The van der Waals surface area contributed by atoms with E-state index >= 15 is 0 Å². The Balaban J connectivity index is 0.000000237. The fraction of sp³-hybridized carbons (Fsp3) is 1.00. The lowest BCUT2D eigenvalue weighted by molar-refractivity contribution is 0.241. The molecule has 0 aromatic heterocycles. The first-order chi connectivity index (χ1) is 9.34. The quantitative estimate of drug-likeness (QED) is 0.695. The first-order valence-electron chi connectivity index (χ1n) is 8.61. The largest absolute Gasteiger partial charge is 0.373 e. The molecule has 2 saturated carbocycles. The van der Waals surface area contributed by atoms with E-state index in [1.54, 1.807) is 0 Å². The second-order valence-corrected chi connectivity index (χ2v) is 7.01. The molecule has 0 aromatic carbocycles. The van der Waals surface area contributed by atoms with Crippen LogP contribution in [0.25, 0.3) is 0 Å². The molecule has 110 valence electrons. The van der Waals surface area contributed by atoms with Gasteiger partial charge in [0.1, 0.15) is 0 Å². The Morgan fingerprint density at radius 3 is 1.37 bits per heavy atom. The average Bonchev–Trinajstić information content (AvgIpc) is 3.37. The van der Waals surface area contributed by atoms with Crippen LogP contribution in [-0.2, 0) is 9.47 Å². The van der Waals surface area contributed by atoms with Gasteiger partial charge in [0.05, 0.1) is 24.9 Å². The molecule has 2 heterocycles. The molecule has 2 heteroatoms. The van der Waals surface area contributed by atoms with Gasteiger partial charge in [-0.3, -0.25) is 0 Å². The standard InChI is InChI=1S/C14H24O.C3H6O/c1-3-7-11(8-4-1)13-14(15-13)12-9-5-2-6-10-12;1-3-2-4-3/h11-14H,1-10H2;3H,2H2,1H3. The van der Waals surface area contributed by atoms with E-state index in [0.29, 0.717) is 18.3 Å². The van der Waals surface area contributed by atoms with Crippen LogP contribution in [-0.4, -0.2) is 24.9 Å². The summed E-state index contributed by atoms with van der Waals surface area (Å²) >= 11 is 0. The van der Waals surface area contributed by atoms with Crippen LogP contribution in [0.3, 0.4) is 0 Å². The molecule has 0 spiro atoms. The third kappa shape index (κ3) is 4.19. The summed E-state index contributed by atoms with van der Waals surface area (Å²) < 4.78 is 10.7. The summed E-state index contributed by atoms with van der Waals surface area (Å²) in [5.41, 5.74) is 0. The Hall–Kier alpha value is -0.0800.